The molecule has 2 saturated carbocycles. The maximum absolute atomic E-state index is 12.7. The van der Waals surface area contributed by atoms with Crippen molar-refractivity contribution in [2.24, 2.45) is 47.3 Å². The summed E-state index contributed by atoms with van der Waals surface area (Å²) >= 11 is 6.80. The van der Waals surface area contributed by atoms with Crippen LogP contribution in [0.5, 0.6) is 0 Å². The van der Waals surface area contributed by atoms with Crippen molar-refractivity contribution < 1.29 is 81.5 Å². The zero-order valence-corrected chi connectivity index (χ0v) is 32.3. The van der Waals surface area contributed by atoms with E-state index in [9.17, 15) is 19.5 Å². The van der Waals surface area contributed by atoms with E-state index in [1.807, 2.05) is 38.1 Å². The SMILES string of the molecule is CC.CO.O=C(O)C1C2C=CC(CC2)C1C(=O)c1ccc(Br)cc1.O=C[C@H]1C2C=CC(CC2)C1Cc1ccc(Br)cc1.[K+].[OH-]. The van der Waals surface area contributed by atoms with E-state index in [0.29, 0.717) is 23.3 Å². The molecule has 0 aliphatic heterocycles. The van der Waals surface area contributed by atoms with Gasteiger partial charge in [-0.15, -0.1) is 0 Å². The average Bonchev–Trinajstić information content (AvgIpc) is 3.05. The molecule has 0 spiro atoms. The quantitative estimate of drug-likeness (QED) is 0.185. The number of carbonyl (C=O) groups excluding carboxylic acids is 2. The van der Waals surface area contributed by atoms with Gasteiger partial charge < -0.3 is 20.5 Å². The van der Waals surface area contributed by atoms with E-state index >= 15 is 0 Å². The predicted octanol–water partition coefficient (Wildman–Crippen LogP) is 5.03. The van der Waals surface area contributed by atoms with Crippen LogP contribution in [0.4, 0.5) is 0 Å². The summed E-state index contributed by atoms with van der Waals surface area (Å²) in [5.41, 5.74) is 1.95. The van der Waals surface area contributed by atoms with E-state index in [4.69, 9.17) is 5.11 Å². The van der Waals surface area contributed by atoms with Crippen LogP contribution in [0.2, 0.25) is 0 Å². The molecule has 0 amide bonds. The number of aliphatic hydroxyl groups is 1. The Bertz CT molecular complexity index is 1250. The van der Waals surface area contributed by atoms with Crippen LogP contribution in [0.15, 0.2) is 81.8 Å². The monoisotopic (exact) mass is 756 g/mol. The molecule has 0 heterocycles. The second-order valence-corrected chi connectivity index (χ2v) is 12.9. The third-order valence-electron chi connectivity index (χ3n) is 8.98. The van der Waals surface area contributed by atoms with Gasteiger partial charge in [0, 0.05) is 33.5 Å². The zero-order chi connectivity index (χ0) is 30.8. The van der Waals surface area contributed by atoms with Crippen molar-refractivity contribution in [2.75, 3.05) is 7.11 Å². The minimum absolute atomic E-state index is 0. The van der Waals surface area contributed by atoms with E-state index in [1.54, 1.807) is 12.1 Å². The first kappa shape index (κ1) is 41.3. The first-order valence-corrected chi connectivity index (χ1v) is 16.5. The molecule has 0 saturated heterocycles. The van der Waals surface area contributed by atoms with Gasteiger partial charge in [-0.1, -0.05) is 94.3 Å². The number of halogens is 2. The molecule has 0 radical (unpaired) electrons. The van der Waals surface area contributed by atoms with Crippen LogP contribution in [0.3, 0.4) is 0 Å². The van der Waals surface area contributed by atoms with Gasteiger partial charge in [-0.25, -0.2) is 0 Å². The van der Waals surface area contributed by atoms with Crippen LogP contribution in [-0.2, 0) is 16.0 Å². The topological polar surface area (TPSA) is 122 Å². The van der Waals surface area contributed by atoms with Gasteiger partial charge in [-0.2, -0.15) is 0 Å². The average molecular weight is 759 g/mol. The summed E-state index contributed by atoms with van der Waals surface area (Å²) in [6.45, 7) is 4.00. The number of fused-ring (bicyclic) bond motifs is 4. The van der Waals surface area contributed by atoms with E-state index < -0.39 is 17.8 Å². The van der Waals surface area contributed by atoms with Gasteiger partial charge >= 0.3 is 57.4 Å². The molecule has 7 unspecified atom stereocenters. The van der Waals surface area contributed by atoms with Gasteiger partial charge in [0.05, 0.1) is 5.92 Å². The molecule has 0 aromatic heterocycles. The summed E-state index contributed by atoms with van der Waals surface area (Å²) in [7, 11) is 1.00. The fourth-order valence-corrected chi connectivity index (χ4v) is 7.55. The van der Waals surface area contributed by atoms with Gasteiger partial charge in [-0.05, 0) is 91.5 Å². The first-order valence-electron chi connectivity index (χ1n) is 14.9. The van der Waals surface area contributed by atoms with Crippen molar-refractivity contribution >= 4 is 49.9 Å². The predicted molar refractivity (Wildman–Crippen MR) is 176 cm³/mol. The van der Waals surface area contributed by atoms with Crippen molar-refractivity contribution in [3.8, 4) is 0 Å². The van der Waals surface area contributed by atoms with E-state index in [2.05, 4.69) is 68.3 Å². The van der Waals surface area contributed by atoms with Crippen LogP contribution >= 0.6 is 31.9 Å². The third-order valence-corrected chi connectivity index (χ3v) is 10.0. The standard InChI is InChI=1S/C16H15BrO3.C16H17BrO.C2H6.CH4O.K.H2O/c17-12-7-5-11(6-8-12)15(18)13-9-1-3-10(4-2-9)14(13)16(19)20;17-14-7-1-11(2-8-14)9-15-12-3-5-13(6-4-12)16(15)10-18;2*1-2;;/h1,3,5-10,13-14H,2,4H2,(H,19,20);1-3,5,7-8,10,12-13,15-16H,4,6,9H2;1-2H3;2H,1H3;;1H2/q;;;;+1;/p-1/t;12?,13?,15?,16-;;;;/m.0..../s1. The van der Waals surface area contributed by atoms with Crippen LogP contribution in [0, 0.1) is 47.3 Å². The van der Waals surface area contributed by atoms with E-state index in [1.165, 1.54) is 24.7 Å². The van der Waals surface area contributed by atoms with Crippen LogP contribution < -0.4 is 51.4 Å². The summed E-state index contributed by atoms with van der Waals surface area (Å²) in [5, 5.41) is 16.5. The first-order chi connectivity index (χ1) is 20.4. The third kappa shape index (κ3) is 10.1. The molecule has 44 heavy (non-hydrogen) atoms. The fourth-order valence-electron chi connectivity index (χ4n) is 7.02. The molecule has 8 rings (SSSR count). The molecule has 6 aliphatic rings. The minimum Gasteiger partial charge on any atom is -0.870 e. The molecule has 2 aromatic carbocycles. The number of aliphatic carboxylic acids is 1. The van der Waals surface area contributed by atoms with Gasteiger partial charge in [0.25, 0.3) is 0 Å². The molecule has 2 aromatic rings. The maximum atomic E-state index is 12.7. The van der Waals surface area contributed by atoms with Crippen molar-refractivity contribution in [2.45, 2.75) is 46.0 Å². The molecule has 6 nitrogen and oxygen atoms in total. The molecule has 9 heteroatoms. The minimum atomic E-state index is -0.848. The number of hydrogen-bond donors (Lipinski definition) is 2. The number of aliphatic hydroxyl groups excluding tert-OH is 1. The Morgan fingerprint density at radius 1 is 0.750 bits per heavy atom. The molecule has 6 aliphatic carbocycles. The number of allylic oxidation sites excluding steroid dienone is 4. The second kappa shape index (κ2) is 20.5. The van der Waals surface area contributed by atoms with Crippen molar-refractivity contribution in [1.29, 1.82) is 0 Å². The van der Waals surface area contributed by atoms with Gasteiger partial charge in [0.2, 0.25) is 0 Å². The fraction of sp³-hybridized carbons (Fsp3) is 0.457. The molecule has 234 valence electrons. The van der Waals surface area contributed by atoms with Crippen LogP contribution in [-0.4, -0.2) is 40.8 Å². The molecule has 4 bridgehead atoms. The zero-order valence-electron chi connectivity index (χ0n) is 26.0. The summed E-state index contributed by atoms with van der Waals surface area (Å²) in [4.78, 5) is 35.6. The summed E-state index contributed by atoms with van der Waals surface area (Å²) in [6, 6.07) is 15.7. The van der Waals surface area contributed by atoms with Crippen molar-refractivity contribution in [1.82, 2.24) is 0 Å². The Balaban J connectivity index is 0.000000381. The summed E-state index contributed by atoms with van der Waals surface area (Å²) in [5.74, 6) is 0.0292. The van der Waals surface area contributed by atoms with Crippen molar-refractivity contribution in [3.05, 3.63) is 92.9 Å². The number of carbonyl (C=O) groups is 3. The number of carboxylic acids is 1. The van der Waals surface area contributed by atoms with E-state index in [-0.39, 0.29) is 80.4 Å². The number of ketones is 1. The molecular weight excluding hydrogens is 715 g/mol. The van der Waals surface area contributed by atoms with Crippen LogP contribution in [0.1, 0.15) is 55.5 Å². The summed E-state index contributed by atoms with van der Waals surface area (Å²) in [6.07, 6.45) is 15.1. The normalized spacial score (nSPS) is 28.2. The van der Waals surface area contributed by atoms with Crippen molar-refractivity contribution in [3.63, 3.8) is 0 Å². The number of hydrogen-bond acceptors (Lipinski definition) is 5. The molecular formula is C35H43Br2KO6. The van der Waals surface area contributed by atoms with Gasteiger partial charge in [-0.3, -0.25) is 9.59 Å². The van der Waals surface area contributed by atoms with Crippen LogP contribution in [0.25, 0.3) is 0 Å². The van der Waals surface area contributed by atoms with Gasteiger partial charge in [0.1, 0.15) is 6.29 Å². The molecule has 2 fully saturated rings. The summed E-state index contributed by atoms with van der Waals surface area (Å²) < 4.78 is 2.03. The number of Topliss-reactive ketones (excluding diaryl/α,β-unsaturated/α-hetero) is 1. The molecule has 8 atom stereocenters. The second-order valence-electron chi connectivity index (χ2n) is 11.0. The Labute approximate surface area is 321 Å². The largest absolute Gasteiger partial charge is 1.00 e. The molecule has 3 N–H and O–H groups in total. The Morgan fingerprint density at radius 2 is 1.18 bits per heavy atom. The Morgan fingerprint density at radius 3 is 1.64 bits per heavy atom. The number of benzene rings is 2. The number of rotatable bonds is 6. The number of carboxylic acid groups (broad SMARTS) is 1. The van der Waals surface area contributed by atoms with Gasteiger partial charge in [0.15, 0.2) is 5.78 Å². The Kier molecular flexibility index (Phi) is 19.2. The number of aldehydes is 1. The Hall–Kier alpha value is -0.754. The van der Waals surface area contributed by atoms with E-state index in [0.717, 1.165) is 35.3 Å². The maximum Gasteiger partial charge on any atom is 1.00 e. The smallest absolute Gasteiger partial charge is 0.870 e.